The maximum Gasteiger partial charge on any atom is 0.233 e. The molecule has 0 unspecified atom stereocenters. The Morgan fingerprint density at radius 1 is 1.32 bits per heavy atom. The molecule has 136 valence electrons. The van der Waals surface area contributed by atoms with E-state index in [2.05, 4.69) is 39.3 Å². The number of nitrogens with zero attached hydrogens (tertiary/aromatic N) is 6. The summed E-state index contributed by atoms with van der Waals surface area (Å²) in [5.41, 5.74) is 1.13. The van der Waals surface area contributed by atoms with E-state index in [1.165, 1.54) is 11.8 Å². The third-order valence-electron chi connectivity index (χ3n) is 4.20. The lowest BCUT2D eigenvalue weighted by Crippen LogP contribution is -2.48. The van der Waals surface area contributed by atoms with Crippen molar-refractivity contribution in [3.8, 4) is 0 Å². The molecule has 1 amide bonds. The third kappa shape index (κ3) is 4.80. The number of carbonyl (C=O) groups excluding carboxylic acids is 1. The summed E-state index contributed by atoms with van der Waals surface area (Å²) < 4.78 is 1.99. The Balaban J connectivity index is 1.44. The van der Waals surface area contributed by atoms with Crippen molar-refractivity contribution >= 4 is 29.0 Å². The number of thiazole rings is 1. The monoisotopic (exact) mass is 380 g/mol. The second-order valence-corrected chi connectivity index (χ2v) is 8.42. The summed E-state index contributed by atoms with van der Waals surface area (Å²) in [5, 5.41) is 12.1. The highest BCUT2D eigenvalue weighted by Crippen LogP contribution is 2.19. The Bertz CT molecular complexity index is 705. The Morgan fingerprint density at radius 2 is 2.08 bits per heavy atom. The molecule has 0 aromatic carbocycles. The molecule has 1 aliphatic rings. The van der Waals surface area contributed by atoms with Crippen LogP contribution in [0.15, 0.2) is 16.9 Å². The SMILES string of the molecule is Cc1nc(CN2CCN(C(=O)CSc3nncn3C(C)C)CC2)cs1. The molecule has 1 fully saturated rings. The summed E-state index contributed by atoms with van der Waals surface area (Å²) in [6, 6.07) is 0.297. The molecule has 7 nitrogen and oxygen atoms in total. The van der Waals surface area contributed by atoms with Gasteiger partial charge >= 0.3 is 0 Å². The molecule has 0 spiro atoms. The first-order valence-corrected chi connectivity index (χ1v) is 10.3. The number of amides is 1. The molecule has 3 heterocycles. The zero-order valence-corrected chi connectivity index (χ0v) is 16.5. The number of piperazine rings is 1. The first kappa shape index (κ1) is 18.3. The van der Waals surface area contributed by atoms with Gasteiger partial charge in [-0.2, -0.15) is 0 Å². The van der Waals surface area contributed by atoms with Gasteiger partial charge < -0.3 is 9.47 Å². The third-order valence-corrected chi connectivity index (χ3v) is 5.96. The Morgan fingerprint density at radius 3 is 2.72 bits per heavy atom. The second kappa shape index (κ2) is 8.29. The van der Waals surface area contributed by atoms with E-state index in [1.54, 1.807) is 17.7 Å². The van der Waals surface area contributed by atoms with Gasteiger partial charge in [0.05, 0.1) is 16.5 Å². The van der Waals surface area contributed by atoms with E-state index in [-0.39, 0.29) is 5.91 Å². The zero-order valence-electron chi connectivity index (χ0n) is 14.9. The van der Waals surface area contributed by atoms with Crippen molar-refractivity contribution in [3.05, 3.63) is 22.4 Å². The van der Waals surface area contributed by atoms with Crippen molar-refractivity contribution in [3.63, 3.8) is 0 Å². The summed E-state index contributed by atoms with van der Waals surface area (Å²) in [4.78, 5) is 21.3. The Labute approximate surface area is 156 Å². The number of rotatable bonds is 6. The van der Waals surface area contributed by atoms with E-state index in [0.717, 1.165) is 48.6 Å². The first-order valence-electron chi connectivity index (χ1n) is 8.46. The molecule has 1 saturated heterocycles. The molecule has 2 aromatic heterocycles. The molecule has 0 bridgehead atoms. The van der Waals surface area contributed by atoms with Crippen LogP contribution in [0.3, 0.4) is 0 Å². The molecule has 2 aromatic rings. The number of thioether (sulfide) groups is 1. The Hall–Kier alpha value is -1.45. The maximum absolute atomic E-state index is 12.5. The minimum atomic E-state index is 0.174. The lowest BCUT2D eigenvalue weighted by molar-refractivity contribution is -0.130. The summed E-state index contributed by atoms with van der Waals surface area (Å²) in [6.45, 7) is 10.4. The van der Waals surface area contributed by atoms with Crippen LogP contribution in [0.5, 0.6) is 0 Å². The fraction of sp³-hybridized carbons (Fsp3) is 0.625. The topological polar surface area (TPSA) is 67.2 Å². The fourth-order valence-electron chi connectivity index (χ4n) is 2.77. The van der Waals surface area contributed by atoms with Crippen LogP contribution in [0, 0.1) is 6.92 Å². The minimum absolute atomic E-state index is 0.174. The van der Waals surface area contributed by atoms with Crippen LogP contribution in [-0.4, -0.2) is 67.4 Å². The molecular weight excluding hydrogens is 356 g/mol. The average Bonchev–Trinajstić information content (AvgIpc) is 3.22. The molecule has 25 heavy (non-hydrogen) atoms. The van der Waals surface area contributed by atoms with Gasteiger partial charge in [-0.3, -0.25) is 9.69 Å². The molecule has 0 aliphatic carbocycles. The number of carbonyl (C=O) groups is 1. The summed E-state index contributed by atoms with van der Waals surface area (Å²) in [5.74, 6) is 0.587. The normalized spacial score (nSPS) is 15.9. The van der Waals surface area contributed by atoms with Crippen LogP contribution in [0.2, 0.25) is 0 Å². The van der Waals surface area contributed by atoms with Gasteiger partial charge in [-0.25, -0.2) is 4.98 Å². The van der Waals surface area contributed by atoms with Gasteiger partial charge in [-0.1, -0.05) is 11.8 Å². The molecule has 0 radical (unpaired) electrons. The highest BCUT2D eigenvalue weighted by atomic mass is 32.2. The van der Waals surface area contributed by atoms with Crippen molar-refractivity contribution in [1.29, 1.82) is 0 Å². The highest BCUT2D eigenvalue weighted by molar-refractivity contribution is 7.99. The van der Waals surface area contributed by atoms with Gasteiger partial charge in [0.15, 0.2) is 5.16 Å². The van der Waals surface area contributed by atoms with E-state index >= 15 is 0 Å². The fourth-order valence-corrected chi connectivity index (χ4v) is 4.32. The molecule has 9 heteroatoms. The van der Waals surface area contributed by atoms with E-state index in [0.29, 0.717) is 11.8 Å². The van der Waals surface area contributed by atoms with Crippen molar-refractivity contribution in [2.75, 3.05) is 31.9 Å². The van der Waals surface area contributed by atoms with Gasteiger partial charge in [0.2, 0.25) is 5.91 Å². The standard InChI is InChI=1S/C16H24N6OS2/c1-12(2)22-11-17-19-16(22)25-10-15(23)21-6-4-20(5-7-21)8-14-9-24-13(3)18-14/h9,11-12H,4-8,10H2,1-3H3. The van der Waals surface area contributed by atoms with E-state index in [1.807, 2.05) is 16.4 Å². The second-order valence-electron chi connectivity index (χ2n) is 6.42. The van der Waals surface area contributed by atoms with E-state index < -0.39 is 0 Å². The number of hydrogen-bond donors (Lipinski definition) is 0. The summed E-state index contributed by atoms with van der Waals surface area (Å²) >= 11 is 3.15. The number of hydrogen-bond acceptors (Lipinski definition) is 7. The predicted octanol–water partition coefficient (Wildman–Crippen LogP) is 2.06. The molecule has 0 atom stereocenters. The van der Waals surface area contributed by atoms with Gasteiger partial charge in [0.1, 0.15) is 6.33 Å². The Kier molecular flexibility index (Phi) is 6.08. The lowest BCUT2D eigenvalue weighted by atomic mass is 10.3. The van der Waals surface area contributed by atoms with Crippen molar-refractivity contribution in [2.45, 2.75) is 38.5 Å². The van der Waals surface area contributed by atoms with Crippen molar-refractivity contribution in [2.24, 2.45) is 0 Å². The van der Waals surface area contributed by atoms with E-state index in [9.17, 15) is 4.79 Å². The van der Waals surface area contributed by atoms with Gasteiger partial charge in [-0.15, -0.1) is 21.5 Å². The predicted molar refractivity (Wildman–Crippen MR) is 99.8 cm³/mol. The molecular formula is C16H24N6OS2. The minimum Gasteiger partial charge on any atom is -0.339 e. The quantitative estimate of drug-likeness (QED) is 0.715. The molecule has 0 saturated carbocycles. The maximum atomic E-state index is 12.5. The molecule has 1 aliphatic heterocycles. The van der Waals surface area contributed by atoms with Gasteiger partial charge in [0.25, 0.3) is 0 Å². The largest absolute Gasteiger partial charge is 0.339 e. The van der Waals surface area contributed by atoms with Crippen LogP contribution >= 0.6 is 23.1 Å². The molecule has 0 N–H and O–H groups in total. The first-order chi connectivity index (χ1) is 12.0. The van der Waals surface area contributed by atoms with Crippen LogP contribution in [0.1, 0.15) is 30.6 Å². The van der Waals surface area contributed by atoms with Gasteiger partial charge in [-0.05, 0) is 20.8 Å². The van der Waals surface area contributed by atoms with Crippen LogP contribution in [-0.2, 0) is 11.3 Å². The van der Waals surface area contributed by atoms with Crippen LogP contribution in [0.25, 0.3) is 0 Å². The van der Waals surface area contributed by atoms with Gasteiger partial charge in [0, 0.05) is 44.1 Å². The summed E-state index contributed by atoms with van der Waals surface area (Å²) in [7, 11) is 0. The van der Waals surface area contributed by atoms with Crippen LogP contribution < -0.4 is 0 Å². The average molecular weight is 381 g/mol. The lowest BCUT2D eigenvalue weighted by Gasteiger charge is -2.34. The van der Waals surface area contributed by atoms with Crippen molar-refractivity contribution < 1.29 is 4.79 Å². The number of aryl methyl sites for hydroxylation is 1. The smallest absolute Gasteiger partial charge is 0.233 e. The zero-order chi connectivity index (χ0) is 17.8. The van der Waals surface area contributed by atoms with Crippen LogP contribution in [0.4, 0.5) is 0 Å². The van der Waals surface area contributed by atoms with Crippen molar-refractivity contribution in [1.82, 2.24) is 29.5 Å². The van der Waals surface area contributed by atoms with E-state index in [4.69, 9.17) is 0 Å². The number of aromatic nitrogens is 4. The summed E-state index contributed by atoms with van der Waals surface area (Å²) in [6.07, 6.45) is 1.72. The molecule has 3 rings (SSSR count). The highest BCUT2D eigenvalue weighted by Gasteiger charge is 2.22.